The van der Waals surface area contributed by atoms with E-state index >= 15 is 0 Å². The van der Waals surface area contributed by atoms with Crippen molar-refractivity contribution in [1.29, 1.82) is 0 Å². The monoisotopic (exact) mass is 272 g/mol. The molecule has 0 saturated heterocycles. The van der Waals surface area contributed by atoms with Gasteiger partial charge in [-0.15, -0.1) is 0 Å². The smallest absolute Gasteiger partial charge is 0.252 e. The van der Waals surface area contributed by atoms with Crippen molar-refractivity contribution in [2.45, 2.75) is 6.61 Å². The van der Waals surface area contributed by atoms with E-state index in [0.29, 0.717) is 18.0 Å². The number of amides is 1. The molecular weight excluding hydrogens is 256 g/mol. The fourth-order valence-corrected chi connectivity index (χ4v) is 1.85. The number of carbonyl (C=O) groups is 1. The van der Waals surface area contributed by atoms with Crippen molar-refractivity contribution < 1.29 is 14.3 Å². The second-order valence-corrected chi connectivity index (χ2v) is 4.27. The summed E-state index contributed by atoms with van der Waals surface area (Å²) in [5.74, 6) is 0.259. The summed E-state index contributed by atoms with van der Waals surface area (Å²) in [5, 5.41) is 0. The highest BCUT2D eigenvalue weighted by molar-refractivity contribution is 5.97. The Morgan fingerprint density at radius 1 is 1.20 bits per heavy atom. The van der Waals surface area contributed by atoms with Gasteiger partial charge in [-0.25, -0.2) is 0 Å². The summed E-state index contributed by atoms with van der Waals surface area (Å²) in [7, 11) is 1.62. The van der Waals surface area contributed by atoms with Crippen LogP contribution in [0, 0.1) is 0 Å². The van der Waals surface area contributed by atoms with E-state index in [1.54, 1.807) is 31.4 Å². The van der Waals surface area contributed by atoms with Crippen LogP contribution < -0.4 is 16.2 Å². The van der Waals surface area contributed by atoms with Crippen molar-refractivity contribution in [1.82, 2.24) is 0 Å². The van der Waals surface area contributed by atoms with Crippen molar-refractivity contribution >= 4 is 11.6 Å². The van der Waals surface area contributed by atoms with E-state index < -0.39 is 5.91 Å². The van der Waals surface area contributed by atoms with Crippen LogP contribution in [0.1, 0.15) is 15.9 Å². The van der Waals surface area contributed by atoms with Gasteiger partial charge < -0.3 is 20.9 Å². The summed E-state index contributed by atoms with van der Waals surface area (Å²) in [4.78, 5) is 11.4. The molecule has 0 radical (unpaired) electrons. The number of methoxy groups -OCH3 is 1. The van der Waals surface area contributed by atoms with Gasteiger partial charge in [-0.3, -0.25) is 4.79 Å². The van der Waals surface area contributed by atoms with Crippen LogP contribution in [-0.4, -0.2) is 13.0 Å². The van der Waals surface area contributed by atoms with Crippen molar-refractivity contribution in [2.24, 2.45) is 5.73 Å². The zero-order valence-electron chi connectivity index (χ0n) is 11.1. The van der Waals surface area contributed by atoms with Gasteiger partial charge in [-0.05, 0) is 29.8 Å². The summed E-state index contributed by atoms with van der Waals surface area (Å²) in [6, 6.07) is 12.2. The van der Waals surface area contributed by atoms with Crippen LogP contribution in [0.4, 0.5) is 5.69 Å². The minimum Gasteiger partial charge on any atom is -0.454 e. The molecule has 5 nitrogen and oxygen atoms in total. The van der Waals surface area contributed by atoms with Crippen LogP contribution in [0.15, 0.2) is 42.5 Å². The van der Waals surface area contributed by atoms with Gasteiger partial charge in [0.05, 0.1) is 17.9 Å². The van der Waals surface area contributed by atoms with Gasteiger partial charge in [0.2, 0.25) is 0 Å². The number of ether oxygens (including phenoxy) is 2. The molecule has 0 fully saturated rings. The molecule has 0 aliphatic rings. The zero-order chi connectivity index (χ0) is 14.5. The fraction of sp³-hybridized carbons (Fsp3) is 0.133. The Balaban J connectivity index is 2.34. The first kappa shape index (κ1) is 13.9. The molecule has 0 unspecified atom stereocenters. The lowest BCUT2D eigenvalue weighted by Crippen LogP contribution is -2.13. The van der Waals surface area contributed by atoms with Gasteiger partial charge in [0.15, 0.2) is 5.75 Å². The molecule has 0 spiro atoms. The highest BCUT2D eigenvalue weighted by Gasteiger charge is 2.13. The largest absolute Gasteiger partial charge is 0.454 e. The Morgan fingerprint density at radius 2 is 1.95 bits per heavy atom. The van der Waals surface area contributed by atoms with Crippen molar-refractivity contribution in [2.75, 3.05) is 12.8 Å². The lowest BCUT2D eigenvalue weighted by atomic mass is 10.1. The van der Waals surface area contributed by atoms with E-state index in [0.717, 1.165) is 5.56 Å². The van der Waals surface area contributed by atoms with Gasteiger partial charge in [-0.1, -0.05) is 18.2 Å². The normalized spacial score (nSPS) is 10.2. The van der Waals surface area contributed by atoms with Gasteiger partial charge in [-0.2, -0.15) is 0 Å². The number of para-hydroxylation sites is 1. The summed E-state index contributed by atoms with van der Waals surface area (Å²) in [5.41, 5.74) is 12.7. The Kier molecular flexibility index (Phi) is 4.22. The summed E-state index contributed by atoms with van der Waals surface area (Å²) < 4.78 is 10.8. The predicted molar refractivity (Wildman–Crippen MR) is 76.6 cm³/mol. The molecular formula is C15H16N2O3. The number of rotatable bonds is 5. The molecule has 2 aromatic rings. The molecule has 0 aliphatic carbocycles. The van der Waals surface area contributed by atoms with E-state index in [-0.39, 0.29) is 11.3 Å². The molecule has 5 heteroatoms. The van der Waals surface area contributed by atoms with E-state index in [2.05, 4.69) is 0 Å². The van der Waals surface area contributed by atoms with Crippen LogP contribution >= 0.6 is 0 Å². The number of nitrogen functional groups attached to an aromatic ring is 1. The second kappa shape index (κ2) is 6.08. The van der Waals surface area contributed by atoms with Crippen LogP contribution in [0.3, 0.4) is 0 Å². The van der Waals surface area contributed by atoms with Gasteiger partial charge in [0, 0.05) is 7.11 Å². The maximum Gasteiger partial charge on any atom is 0.252 e. The molecule has 0 atom stereocenters. The van der Waals surface area contributed by atoms with Gasteiger partial charge in [0.25, 0.3) is 5.91 Å². The first-order valence-electron chi connectivity index (χ1n) is 6.06. The highest BCUT2D eigenvalue weighted by Crippen LogP contribution is 2.31. The van der Waals surface area contributed by atoms with Crippen LogP contribution in [0.25, 0.3) is 0 Å². The number of anilines is 1. The lowest BCUT2D eigenvalue weighted by Gasteiger charge is -2.12. The standard InChI is InChI=1S/C15H16N2O3/c1-19-9-10-4-2-5-11(8-10)20-14-12(15(17)18)6-3-7-13(14)16/h2-8H,9,16H2,1H3,(H2,17,18). The second-order valence-electron chi connectivity index (χ2n) is 4.27. The average Bonchev–Trinajstić information content (AvgIpc) is 2.41. The minimum atomic E-state index is -0.583. The molecule has 0 bridgehead atoms. The number of carbonyl (C=O) groups excluding carboxylic acids is 1. The molecule has 0 heterocycles. The van der Waals surface area contributed by atoms with E-state index in [1.165, 1.54) is 0 Å². The number of hydrogen-bond acceptors (Lipinski definition) is 4. The molecule has 0 saturated carbocycles. The molecule has 4 N–H and O–H groups in total. The average molecular weight is 272 g/mol. The third-order valence-corrected chi connectivity index (χ3v) is 2.74. The van der Waals surface area contributed by atoms with Gasteiger partial charge in [0.1, 0.15) is 5.75 Å². The maximum absolute atomic E-state index is 11.4. The quantitative estimate of drug-likeness (QED) is 0.817. The minimum absolute atomic E-state index is 0.252. The first-order chi connectivity index (χ1) is 9.61. The van der Waals surface area contributed by atoms with Crippen LogP contribution in [-0.2, 0) is 11.3 Å². The molecule has 2 aromatic carbocycles. The first-order valence-corrected chi connectivity index (χ1v) is 6.06. The molecule has 104 valence electrons. The lowest BCUT2D eigenvalue weighted by molar-refractivity contribution is 0.0998. The topological polar surface area (TPSA) is 87.6 Å². The number of primary amides is 1. The van der Waals surface area contributed by atoms with Crippen molar-refractivity contribution in [3.63, 3.8) is 0 Å². The van der Waals surface area contributed by atoms with E-state index in [1.807, 2.05) is 18.2 Å². The Bertz CT molecular complexity index is 626. The van der Waals surface area contributed by atoms with Crippen molar-refractivity contribution in [3.8, 4) is 11.5 Å². The molecule has 1 amide bonds. The number of nitrogens with two attached hydrogens (primary N) is 2. The van der Waals surface area contributed by atoms with Crippen LogP contribution in [0.2, 0.25) is 0 Å². The van der Waals surface area contributed by atoms with Crippen molar-refractivity contribution in [3.05, 3.63) is 53.6 Å². The Hall–Kier alpha value is -2.53. The van der Waals surface area contributed by atoms with E-state index in [4.69, 9.17) is 20.9 Å². The van der Waals surface area contributed by atoms with E-state index in [9.17, 15) is 4.79 Å². The van der Waals surface area contributed by atoms with Crippen LogP contribution in [0.5, 0.6) is 11.5 Å². The Labute approximate surface area is 117 Å². The molecule has 0 aromatic heterocycles. The third-order valence-electron chi connectivity index (χ3n) is 2.74. The zero-order valence-corrected chi connectivity index (χ0v) is 11.1. The molecule has 2 rings (SSSR count). The Morgan fingerprint density at radius 3 is 2.65 bits per heavy atom. The maximum atomic E-state index is 11.4. The predicted octanol–water partition coefficient (Wildman–Crippen LogP) is 2.31. The summed E-state index contributed by atoms with van der Waals surface area (Å²) in [6.07, 6.45) is 0. The number of benzene rings is 2. The SMILES string of the molecule is COCc1cccc(Oc2c(N)cccc2C(N)=O)c1. The molecule has 0 aliphatic heterocycles. The summed E-state index contributed by atoms with van der Waals surface area (Å²) >= 11 is 0. The fourth-order valence-electron chi connectivity index (χ4n) is 1.85. The number of hydrogen-bond donors (Lipinski definition) is 2. The van der Waals surface area contributed by atoms with Gasteiger partial charge >= 0.3 is 0 Å². The summed E-state index contributed by atoms with van der Waals surface area (Å²) in [6.45, 7) is 0.476. The highest BCUT2D eigenvalue weighted by atomic mass is 16.5. The molecule has 20 heavy (non-hydrogen) atoms. The third kappa shape index (κ3) is 3.07.